The first-order chi connectivity index (χ1) is 11.7. The number of hydrogen-bond donors (Lipinski definition) is 0. The second kappa shape index (κ2) is 12.7. The molecule has 0 N–H and O–H groups in total. The van der Waals surface area contributed by atoms with E-state index in [0.717, 1.165) is 30.4 Å². The lowest BCUT2D eigenvalue weighted by Gasteiger charge is -2.05. The largest absolute Gasteiger partial charge is 0.456 e. The van der Waals surface area contributed by atoms with E-state index in [2.05, 4.69) is 23.8 Å². The molecule has 0 aromatic carbocycles. The van der Waals surface area contributed by atoms with Gasteiger partial charge < -0.3 is 4.74 Å². The predicted molar refractivity (Wildman–Crippen MR) is 96.6 cm³/mol. The average molecular weight is 335 g/mol. The van der Waals surface area contributed by atoms with Crippen LogP contribution in [0.15, 0.2) is 12.7 Å². The number of aryl methyl sites for hydroxylation is 1. The van der Waals surface area contributed by atoms with Crippen molar-refractivity contribution in [1.29, 1.82) is 0 Å². The molecule has 0 aliphatic carbocycles. The van der Waals surface area contributed by atoms with Crippen molar-refractivity contribution in [2.24, 2.45) is 0 Å². The van der Waals surface area contributed by atoms with Crippen LogP contribution in [0.25, 0.3) is 0 Å². The van der Waals surface area contributed by atoms with E-state index in [0.29, 0.717) is 0 Å². The van der Waals surface area contributed by atoms with Gasteiger partial charge in [0.1, 0.15) is 12.3 Å². The number of carbonyl (C=O) groups is 1. The van der Waals surface area contributed by atoms with E-state index in [1.165, 1.54) is 57.8 Å². The maximum absolute atomic E-state index is 11.1. The molecule has 0 bridgehead atoms. The maximum Gasteiger partial charge on any atom is 0.330 e. The Balaban J connectivity index is 2.10. The quantitative estimate of drug-likeness (QED) is 0.280. The summed E-state index contributed by atoms with van der Waals surface area (Å²) in [5.74, 6) is -0.432. The highest BCUT2D eigenvalue weighted by atomic mass is 16.5. The lowest BCUT2D eigenvalue weighted by Crippen LogP contribution is -2.04. The van der Waals surface area contributed by atoms with E-state index >= 15 is 0 Å². The highest BCUT2D eigenvalue weighted by Crippen LogP contribution is 2.12. The number of esters is 1. The summed E-state index contributed by atoms with van der Waals surface area (Å²) in [7, 11) is 0. The molecule has 0 spiro atoms. The molecule has 0 saturated heterocycles. The molecule has 0 radical (unpaired) electrons. The molecule has 0 aliphatic heterocycles. The molecule has 1 rings (SSSR count). The highest BCUT2D eigenvalue weighted by molar-refractivity contribution is 5.81. The van der Waals surface area contributed by atoms with Crippen LogP contribution in [0.5, 0.6) is 0 Å². The van der Waals surface area contributed by atoms with Gasteiger partial charge in [-0.1, -0.05) is 76.5 Å². The molecule has 1 aromatic rings. The lowest BCUT2D eigenvalue weighted by molar-refractivity contribution is -0.139. The number of nitrogens with zero attached hydrogens (tertiary/aromatic N) is 3. The number of ether oxygens (including phenoxy) is 1. The van der Waals surface area contributed by atoms with E-state index in [1.807, 2.05) is 11.6 Å². The molecule has 5 nitrogen and oxygen atoms in total. The molecule has 136 valence electrons. The second-order valence-corrected chi connectivity index (χ2v) is 6.34. The van der Waals surface area contributed by atoms with Gasteiger partial charge in [-0.05, 0) is 13.3 Å². The zero-order valence-electron chi connectivity index (χ0n) is 15.4. The molecular formula is C19H33N3O2. The van der Waals surface area contributed by atoms with Crippen LogP contribution in [0.4, 0.5) is 0 Å². The van der Waals surface area contributed by atoms with E-state index in [-0.39, 0.29) is 6.61 Å². The van der Waals surface area contributed by atoms with Gasteiger partial charge >= 0.3 is 5.97 Å². The zero-order valence-corrected chi connectivity index (χ0v) is 15.4. The number of unbranched alkanes of at least 4 members (excludes halogenated alkanes) is 9. The summed E-state index contributed by atoms with van der Waals surface area (Å²) in [6.45, 7) is 8.64. The van der Waals surface area contributed by atoms with Gasteiger partial charge in [0.05, 0.1) is 5.69 Å². The van der Waals surface area contributed by atoms with Gasteiger partial charge in [0.25, 0.3) is 0 Å². The lowest BCUT2D eigenvalue weighted by atomic mass is 10.1. The summed E-state index contributed by atoms with van der Waals surface area (Å²) >= 11 is 0. The van der Waals surface area contributed by atoms with Gasteiger partial charge in [0.2, 0.25) is 0 Å². The van der Waals surface area contributed by atoms with Crippen molar-refractivity contribution in [2.75, 3.05) is 0 Å². The van der Waals surface area contributed by atoms with Crippen LogP contribution in [0, 0.1) is 6.92 Å². The minimum Gasteiger partial charge on any atom is -0.456 e. The minimum absolute atomic E-state index is 0.161. The normalized spacial score (nSPS) is 10.8. The van der Waals surface area contributed by atoms with Crippen LogP contribution >= 0.6 is 0 Å². The molecule has 1 heterocycles. The summed E-state index contributed by atoms with van der Waals surface area (Å²) in [5, 5.41) is 8.23. The fourth-order valence-corrected chi connectivity index (χ4v) is 2.69. The van der Waals surface area contributed by atoms with Crippen LogP contribution < -0.4 is 0 Å². The van der Waals surface area contributed by atoms with Crippen LogP contribution in [-0.4, -0.2) is 21.0 Å². The van der Waals surface area contributed by atoms with Gasteiger partial charge in [0, 0.05) is 12.6 Å². The topological polar surface area (TPSA) is 57.0 Å². The van der Waals surface area contributed by atoms with Crippen molar-refractivity contribution in [2.45, 2.75) is 91.2 Å². The number of rotatable bonds is 14. The van der Waals surface area contributed by atoms with Crippen molar-refractivity contribution in [3.63, 3.8) is 0 Å². The van der Waals surface area contributed by atoms with E-state index in [1.54, 1.807) is 0 Å². The van der Waals surface area contributed by atoms with Gasteiger partial charge in [-0.3, -0.25) is 0 Å². The third kappa shape index (κ3) is 8.27. The van der Waals surface area contributed by atoms with E-state index in [9.17, 15) is 4.79 Å². The summed E-state index contributed by atoms with van der Waals surface area (Å²) < 4.78 is 6.91. The number of hydrogen-bond acceptors (Lipinski definition) is 4. The van der Waals surface area contributed by atoms with Crippen molar-refractivity contribution in [3.05, 3.63) is 24.0 Å². The third-order valence-corrected chi connectivity index (χ3v) is 4.32. The van der Waals surface area contributed by atoms with E-state index in [4.69, 9.17) is 4.74 Å². The highest BCUT2D eigenvalue weighted by Gasteiger charge is 2.09. The molecule has 0 saturated carbocycles. The van der Waals surface area contributed by atoms with Crippen LogP contribution in [0.1, 0.15) is 82.5 Å². The van der Waals surface area contributed by atoms with Crippen LogP contribution in [-0.2, 0) is 22.7 Å². The summed E-state index contributed by atoms with van der Waals surface area (Å²) in [4.78, 5) is 11.1. The monoisotopic (exact) mass is 335 g/mol. The zero-order chi connectivity index (χ0) is 17.6. The van der Waals surface area contributed by atoms with Crippen molar-refractivity contribution in [1.82, 2.24) is 15.0 Å². The summed E-state index contributed by atoms with van der Waals surface area (Å²) in [5.41, 5.74) is 1.69. The minimum atomic E-state index is -0.432. The fraction of sp³-hybridized carbons (Fsp3) is 0.737. The third-order valence-electron chi connectivity index (χ3n) is 4.32. The molecule has 1 aromatic heterocycles. The smallest absolute Gasteiger partial charge is 0.330 e. The fourth-order valence-electron chi connectivity index (χ4n) is 2.69. The van der Waals surface area contributed by atoms with Crippen LogP contribution in [0.3, 0.4) is 0 Å². The maximum atomic E-state index is 11.1. The Hall–Kier alpha value is -1.65. The van der Waals surface area contributed by atoms with Crippen molar-refractivity contribution >= 4 is 5.97 Å². The molecule has 0 amide bonds. The predicted octanol–water partition coefficient (Wildman–Crippen LogP) is 4.74. The Morgan fingerprint density at radius 2 is 1.67 bits per heavy atom. The molecule has 5 heteroatoms. The van der Waals surface area contributed by atoms with E-state index < -0.39 is 5.97 Å². The summed E-state index contributed by atoms with van der Waals surface area (Å²) in [6, 6.07) is 0. The Kier molecular flexibility index (Phi) is 10.8. The molecule has 0 unspecified atom stereocenters. The molecule has 0 aliphatic rings. The molecule has 24 heavy (non-hydrogen) atoms. The first-order valence-electron chi connectivity index (χ1n) is 9.37. The van der Waals surface area contributed by atoms with Gasteiger partial charge in [-0.15, -0.1) is 5.10 Å². The van der Waals surface area contributed by atoms with Gasteiger partial charge in [-0.25, -0.2) is 9.48 Å². The molecular weight excluding hydrogens is 302 g/mol. The molecule has 0 atom stereocenters. The van der Waals surface area contributed by atoms with Gasteiger partial charge in [0.15, 0.2) is 0 Å². The second-order valence-electron chi connectivity index (χ2n) is 6.34. The average Bonchev–Trinajstić information content (AvgIpc) is 2.94. The number of carbonyl (C=O) groups excluding carboxylic acids is 1. The first-order valence-corrected chi connectivity index (χ1v) is 9.37. The van der Waals surface area contributed by atoms with Crippen molar-refractivity contribution < 1.29 is 9.53 Å². The van der Waals surface area contributed by atoms with Crippen LogP contribution in [0.2, 0.25) is 0 Å². The standard InChI is InChI=1S/C19H33N3O2/c1-4-6-7-8-9-10-11-12-13-14-15-22-17(3)18(20-21-22)16-24-19(23)5-2/h5H,2,4,6-16H2,1,3H3. The summed E-state index contributed by atoms with van der Waals surface area (Å²) in [6.07, 6.45) is 14.4. The Bertz CT molecular complexity index is 483. The Morgan fingerprint density at radius 3 is 2.25 bits per heavy atom. The SMILES string of the molecule is C=CC(=O)OCc1nnn(CCCCCCCCCCCC)c1C. The first kappa shape index (κ1) is 20.4. The van der Waals surface area contributed by atoms with Gasteiger partial charge in [-0.2, -0.15) is 0 Å². The Labute approximate surface area is 146 Å². The number of aromatic nitrogens is 3. The molecule has 0 fully saturated rings. The Morgan fingerprint density at radius 1 is 1.08 bits per heavy atom. The van der Waals surface area contributed by atoms with Crippen molar-refractivity contribution in [3.8, 4) is 0 Å².